The zero-order valence-electron chi connectivity index (χ0n) is 18.1. The normalized spacial score (nSPS) is 15.7. The molecule has 1 aliphatic rings. The Hall–Kier alpha value is -2.82. The first-order chi connectivity index (χ1) is 15.3. The highest BCUT2D eigenvalue weighted by molar-refractivity contribution is 7.93. The van der Waals surface area contributed by atoms with Crippen LogP contribution in [0.3, 0.4) is 0 Å². The molecule has 10 heteroatoms. The molecule has 2 N–H and O–H groups in total. The zero-order chi connectivity index (χ0) is 23.4. The number of pyridine rings is 1. The van der Waals surface area contributed by atoms with Crippen LogP contribution in [0.4, 0.5) is 0 Å². The lowest BCUT2D eigenvalue weighted by molar-refractivity contribution is -0.134. The minimum atomic E-state index is -4.13. The van der Waals surface area contributed by atoms with Gasteiger partial charge >= 0.3 is 0 Å². The van der Waals surface area contributed by atoms with Gasteiger partial charge in [-0.25, -0.2) is 13.9 Å². The molecule has 2 aromatic rings. The van der Waals surface area contributed by atoms with Crippen molar-refractivity contribution in [3.8, 4) is 11.3 Å². The maximum atomic E-state index is 13.3. The van der Waals surface area contributed by atoms with Crippen LogP contribution >= 0.6 is 0 Å². The fourth-order valence-corrected chi connectivity index (χ4v) is 5.72. The highest BCUT2D eigenvalue weighted by atomic mass is 32.2. The number of nitrogens with one attached hydrogen (secondary N) is 1. The Labute approximate surface area is 187 Å². The molecule has 1 aromatic heterocycles. The van der Waals surface area contributed by atoms with Gasteiger partial charge in [0.1, 0.15) is 0 Å². The second-order valence-electron chi connectivity index (χ2n) is 7.48. The first kappa shape index (κ1) is 23.8. The van der Waals surface area contributed by atoms with Crippen molar-refractivity contribution in [2.45, 2.75) is 36.3 Å². The van der Waals surface area contributed by atoms with Crippen molar-refractivity contribution in [3.63, 3.8) is 0 Å². The number of aromatic nitrogens is 1. The first-order valence-corrected chi connectivity index (χ1v) is 11.9. The number of rotatable bonds is 7. The van der Waals surface area contributed by atoms with Crippen LogP contribution in [0.5, 0.6) is 0 Å². The molecule has 1 aromatic carbocycles. The van der Waals surface area contributed by atoms with Gasteiger partial charge in [-0.15, -0.1) is 0 Å². The highest BCUT2D eigenvalue weighted by Crippen LogP contribution is 2.35. The summed E-state index contributed by atoms with van der Waals surface area (Å²) in [6.07, 6.45) is 1.08. The fraction of sp³-hybridized carbons (Fsp3) is 0.409. The summed E-state index contributed by atoms with van der Waals surface area (Å²) in [6.45, 7) is 5.27. The summed E-state index contributed by atoms with van der Waals surface area (Å²) >= 11 is 0. The molecule has 0 unspecified atom stereocenters. The second kappa shape index (κ2) is 9.76. The number of carbonyl (C=O) groups excluding carboxylic acids is 2. The van der Waals surface area contributed by atoms with Crippen LogP contribution < -0.4 is 5.48 Å². The average molecular weight is 462 g/mol. The van der Waals surface area contributed by atoms with E-state index < -0.39 is 20.5 Å². The molecule has 9 nitrogen and oxygen atoms in total. The number of amides is 2. The lowest BCUT2D eigenvalue weighted by Gasteiger charge is -2.34. The Kier molecular flexibility index (Phi) is 7.27. The molecule has 172 valence electrons. The van der Waals surface area contributed by atoms with Gasteiger partial charge in [-0.1, -0.05) is 12.1 Å². The van der Waals surface area contributed by atoms with Gasteiger partial charge in [0.2, 0.25) is 0 Å². The molecule has 0 spiro atoms. The number of hydrogen-bond acceptors (Lipinski definition) is 7. The van der Waals surface area contributed by atoms with Gasteiger partial charge in [0.05, 0.1) is 10.6 Å². The third-order valence-corrected chi connectivity index (χ3v) is 8.34. The highest BCUT2D eigenvalue weighted by Gasteiger charge is 2.52. The minimum Gasteiger partial charge on any atom is -0.381 e. The number of hydrogen-bond donors (Lipinski definition) is 2. The quantitative estimate of drug-likeness (QED) is 0.477. The Balaban J connectivity index is 1.87. The minimum absolute atomic E-state index is 0.0557. The maximum Gasteiger partial charge on any atom is 0.265 e. The molecule has 1 aliphatic heterocycles. The van der Waals surface area contributed by atoms with Crippen LogP contribution in [0.15, 0.2) is 47.5 Å². The first-order valence-electron chi connectivity index (χ1n) is 10.4. The van der Waals surface area contributed by atoms with E-state index in [0.717, 1.165) is 5.56 Å². The Morgan fingerprint density at radius 2 is 1.72 bits per heavy atom. The topological polar surface area (TPSA) is 126 Å². The standard InChI is InChI=1S/C22H27N3O6S/c1-3-25(4-2)20(26)17-7-5-16(6-8-17)19-10-9-18(15-23-19)32(29,30)22(21(27)24-28)11-13-31-14-12-22/h5-10,15,28H,3-4,11-14H2,1-2H3,(H,24,27). The van der Waals surface area contributed by atoms with E-state index in [-0.39, 0.29) is 36.9 Å². The van der Waals surface area contributed by atoms with Crippen molar-refractivity contribution >= 4 is 21.7 Å². The van der Waals surface area contributed by atoms with Crippen LogP contribution in [0.25, 0.3) is 11.3 Å². The molecule has 0 saturated carbocycles. The number of benzene rings is 1. The van der Waals surface area contributed by atoms with E-state index in [2.05, 4.69) is 4.98 Å². The van der Waals surface area contributed by atoms with Crippen LogP contribution in [-0.2, 0) is 19.4 Å². The number of hydroxylamine groups is 1. The van der Waals surface area contributed by atoms with Crippen molar-refractivity contribution < 1.29 is 28.0 Å². The molecular weight excluding hydrogens is 434 g/mol. The van der Waals surface area contributed by atoms with Gasteiger partial charge in [-0.2, -0.15) is 0 Å². The summed E-state index contributed by atoms with van der Waals surface area (Å²) in [6, 6.07) is 9.89. The summed E-state index contributed by atoms with van der Waals surface area (Å²) in [4.78, 5) is 30.7. The van der Waals surface area contributed by atoms with Gasteiger partial charge in [0, 0.05) is 43.6 Å². The molecule has 0 bridgehead atoms. The van der Waals surface area contributed by atoms with Gasteiger partial charge in [-0.3, -0.25) is 19.8 Å². The van der Waals surface area contributed by atoms with Crippen molar-refractivity contribution in [2.75, 3.05) is 26.3 Å². The lowest BCUT2D eigenvalue weighted by atomic mass is 9.98. The molecule has 1 fully saturated rings. The van der Waals surface area contributed by atoms with Gasteiger partial charge in [0.25, 0.3) is 11.8 Å². The summed E-state index contributed by atoms with van der Waals surface area (Å²) in [5.41, 5.74) is 3.30. The van der Waals surface area contributed by atoms with Crippen LogP contribution in [0.2, 0.25) is 0 Å². The van der Waals surface area contributed by atoms with Crippen LogP contribution in [0.1, 0.15) is 37.0 Å². The molecule has 32 heavy (non-hydrogen) atoms. The second-order valence-corrected chi connectivity index (χ2v) is 9.74. The lowest BCUT2D eigenvalue weighted by Crippen LogP contribution is -2.54. The van der Waals surface area contributed by atoms with E-state index in [1.54, 1.807) is 35.2 Å². The Morgan fingerprint density at radius 3 is 2.22 bits per heavy atom. The van der Waals surface area contributed by atoms with Gasteiger partial charge in [-0.05, 0) is 51.0 Å². The van der Waals surface area contributed by atoms with Crippen LogP contribution in [0, 0.1) is 0 Å². The number of carbonyl (C=O) groups is 2. The SMILES string of the molecule is CCN(CC)C(=O)c1ccc(-c2ccc(S(=O)(=O)C3(C(=O)NO)CCOCC3)cn2)cc1. The molecule has 3 rings (SSSR count). The third-order valence-electron chi connectivity index (χ3n) is 5.86. The van der Waals surface area contributed by atoms with Crippen LogP contribution in [-0.4, -0.2) is 66.4 Å². The van der Waals surface area contributed by atoms with Crippen molar-refractivity contribution in [1.82, 2.24) is 15.4 Å². The van der Waals surface area contributed by atoms with Gasteiger partial charge < -0.3 is 9.64 Å². The van der Waals surface area contributed by atoms with Gasteiger partial charge in [0.15, 0.2) is 14.6 Å². The van der Waals surface area contributed by atoms with E-state index in [9.17, 15) is 18.0 Å². The third kappa shape index (κ3) is 4.25. The van der Waals surface area contributed by atoms with Crippen molar-refractivity contribution in [3.05, 3.63) is 48.2 Å². The average Bonchev–Trinajstić information content (AvgIpc) is 2.84. The summed E-state index contributed by atoms with van der Waals surface area (Å²) < 4.78 is 30.0. The van der Waals surface area contributed by atoms with E-state index in [1.165, 1.54) is 17.7 Å². The molecule has 0 aliphatic carbocycles. The summed E-state index contributed by atoms with van der Waals surface area (Å²) in [5, 5.41) is 9.14. The molecular formula is C22H27N3O6S. The monoisotopic (exact) mass is 461 g/mol. The predicted octanol–water partition coefficient (Wildman–Crippen LogP) is 2.06. The largest absolute Gasteiger partial charge is 0.381 e. The molecule has 0 atom stereocenters. The van der Waals surface area contributed by atoms with E-state index >= 15 is 0 Å². The zero-order valence-corrected chi connectivity index (χ0v) is 18.9. The smallest absolute Gasteiger partial charge is 0.265 e. The number of nitrogens with zero attached hydrogens (tertiary/aromatic N) is 2. The van der Waals surface area contributed by atoms with E-state index in [4.69, 9.17) is 9.94 Å². The maximum absolute atomic E-state index is 13.3. The number of sulfone groups is 1. The molecule has 2 amide bonds. The fourth-order valence-electron chi connectivity index (χ4n) is 3.83. The Bertz CT molecular complexity index is 1060. The van der Waals surface area contributed by atoms with Crippen molar-refractivity contribution in [2.24, 2.45) is 0 Å². The molecule has 0 radical (unpaired) electrons. The predicted molar refractivity (Wildman–Crippen MR) is 117 cm³/mol. The molecule has 2 heterocycles. The summed E-state index contributed by atoms with van der Waals surface area (Å²) in [7, 11) is -4.13. The summed E-state index contributed by atoms with van der Waals surface area (Å²) in [5.74, 6) is -1.03. The van der Waals surface area contributed by atoms with E-state index in [1.807, 2.05) is 13.8 Å². The van der Waals surface area contributed by atoms with Crippen molar-refractivity contribution in [1.29, 1.82) is 0 Å². The molecule has 1 saturated heterocycles. The van der Waals surface area contributed by atoms with E-state index in [0.29, 0.717) is 24.3 Å². The number of ether oxygens (including phenoxy) is 1. The Morgan fingerprint density at radius 1 is 1.09 bits per heavy atom.